The van der Waals surface area contributed by atoms with E-state index < -0.39 is 5.82 Å². The maximum Gasteiger partial charge on any atom is 0.238 e. The molecule has 0 spiro atoms. The number of nitrogens with zero attached hydrogens (tertiary/aromatic N) is 1. The Morgan fingerprint density at radius 2 is 2.35 bits per heavy atom. The summed E-state index contributed by atoms with van der Waals surface area (Å²) in [5.41, 5.74) is 0.467. The van der Waals surface area contributed by atoms with E-state index in [-0.39, 0.29) is 30.1 Å². The largest absolute Gasteiger partial charge is 0.395 e. The van der Waals surface area contributed by atoms with E-state index in [4.69, 9.17) is 11.6 Å². The number of halogens is 2. The number of rotatable bonds is 4. The first-order valence-electron chi connectivity index (χ1n) is 6.61. The van der Waals surface area contributed by atoms with Crippen LogP contribution in [-0.4, -0.2) is 41.7 Å². The molecule has 6 heteroatoms. The second-order valence-electron chi connectivity index (χ2n) is 5.16. The lowest BCUT2D eigenvalue weighted by Gasteiger charge is -2.24. The van der Waals surface area contributed by atoms with Crippen molar-refractivity contribution in [2.75, 3.05) is 25.0 Å². The minimum atomic E-state index is -0.515. The van der Waals surface area contributed by atoms with E-state index >= 15 is 0 Å². The molecule has 1 aromatic carbocycles. The Morgan fingerprint density at radius 3 is 3.00 bits per heavy atom. The SMILES string of the molecule is CC1CCN(CC(=O)Nc2ccc(F)c(Cl)c2)C1CO. The fourth-order valence-electron chi connectivity index (χ4n) is 2.54. The Bertz CT molecular complexity index is 498. The van der Waals surface area contributed by atoms with Crippen molar-refractivity contribution >= 4 is 23.2 Å². The molecule has 0 aliphatic carbocycles. The average Bonchev–Trinajstić information content (AvgIpc) is 2.74. The third-order valence-corrected chi connectivity index (χ3v) is 4.02. The zero-order chi connectivity index (χ0) is 14.7. The fourth-order valence-corrected chi connectivity index (χ4v) is 2.72. The van der Waals surface area contributed by atoms with Crippen molar-refractivity contribution in [3.05, 3.63) is 29.0 Å². The average molecular weight is 301 g/mol. The van der Waals surface area contributed by atoms with Crippen molar-refractivity contribution in [3.63, 3.8) is 0 Å². The zero-order valence-corrected chi connectivity index (χ0v) is 12.0. The smallest absolute Gasteiger partial charge is 0.238 e. The van der Waals surface area contributed by atoms with Gasteiger partial charge in [-0.3, -0.25) is 9.69 Å². The first-order chi connectivity index (χ1) is 9.51. The third kappa shape index (κ3) is 3.48. The van der Waals surface area contributed by atoms with E-state index in [1.54, 1.807) is 0 Å². The van der Waals surface area contributed by atoms with Crippen LogP contribution in [0.5, 0.6) is 0 Å². The van der Waals surface area contributed by atoms with Crippen LogP contribution in [0.2, 0.25) is 5.02 Å². The van der Waals surface area contributed by atoms with Gasteiger partial charge in [0.1, 0.15) is 5.82 Å². The number of benzene rings is 1. The fraction of sp³-hybridized carbons (Fsp3) is 0.500. The minimum Gasteiger partial charge on any atom is -0.395 e. The van der Waals surface area contributed by atoms with Gasteiger partial charge < -0.3 is 10.4 Å². The summed E-state index contributed by atoms with van der Waals surface area (Å²) in [6.45, 7) is 3.13. The highest BCUT2D eigenvalue weighted by molar-refractivity contribution is 6.31. The number of aliphatic hydroxyl groups excluding tert-OH is 1. The molecule has 0 bridgehead atoms. The molecule has 1 aliphatic heterocycles. The van der Waals surface area contributed by atoms with Gasteiger partial charge >= 0.3 is 0 Å². The minimum absolute atomic E-state index is 0.0224. The molecule has 1 fully saturated rings. The van der Waals surface area contributed by atoms with E-state index in [0.29, 0.717) is 11.6 Å². The Kier molecular flexibility index (Phi) is 4.96. The second kappa shape index (κ2) is 6.52. The molecule has 0 aromatic heterocycles. The number of aliphatic hydroxyl groups is 1. The molecule has 1 saturated heterocycles. The monoisotopic (exact) mass is 300 g/mol. The van der Waals surface area contributed by atoms with Crippen LogP contribution in [0.4, 0.5) is 10.1 Å². The van der Waals surface area contributed by atoms with Gasteiger partial charge in [0, 0.05) is 11.7 Å². The number of likely N-dealkylation sites (tertiary alicyclic amines) is 1. The number of nitrogens with one attached hydrogen (secondary N) is 1. The molecule has 0 saturated carbocycles. The van der Waals surface area contributed by atoms with Crippen LogP contribution in [0, 0.1) is 11.7 Å². The zero-order valence-electron chi connectivity index (χ0n) is 11.3. The number of carbonyl (C=O) groups excluding carboxylic acids is 1. The molecule has 4 nitrogen and oxygen atoms in total. The Balaban J connectivity index is 1.94. The molecule has 20 heavy (non-hydrogen) atoms. The lowest BCUT2D eigenvalue weighted by molar-refractivity contribution is -0.117. The Morgan fingerprint density at radius 1 is 1.60 bits per heavy atom. The van der Waals surface area contributed by atoms with E-state index in [2.05, 4.69) is 12.2 Å². The summed E-state index contributed by atoms with van der Waals surface area (Å²) in [7, 11) is 0. The molecular formula is C14H18ClFN2O2. The lowest BCUT2D eigenvalue weighted by atomic mass is 10.0. The van der Waals surface area contributed by atoms with Crippen molar-refractivity contribution in [2.45, 2.75) is 19.4 Å². The quantitative estimate of drug-likeness (QED) is 0.895. The summed E-state index contributed by atoms with van der Waals surface area (Å²) >= 11 is 5.66. The summed E-state index contributed by atoms with van der Waals surface area (Å²) in [6, 6.07) is 4.09. The van der Waals surface area contributed by atoms with Gasteiger partial charge in [-0.15, -0.1) is 0 Å². The first-order valence-corrected chi connectivity index (χ1v) is 6.99. The van der Waals surface area contributed by atoms with Gasteiger partial charge in [0.05, 0.1) is 18.2 Å². The van der Waals surface area contributed by atoms with Gasteiger partial charge in [-0.1, -0.05) is 18.5 Å². The van der Waals surface area contributed by atoms with E-state index in [0.717, 1.165) is 13.0 Å². The van der Waals surface area contributed by atoms with Gasteiger partial charge in [0.25, 0.3) is 0 Å². The van der Waals surface area contributed by atoms with Gasteiger partial charge in [-0.05, 0) is 37.1 Å². The topological polar surface area (TPSA) is 52.6 Å². The standard InChI is InChI=1S/C14H18ClFN2O2/c1-9-4-5-18(13(9)8-19)7-14(20)17-10-2-3-12(16)11(15)6-10/h2-3,6,9,13,19H,4-5,7-8H2,1H3,(H,17,20). The van der Waals surface area contributed by atoms with E-state index in [9.17, 15) is 14.3 Å². The predicted octanol–water partition coefficient (Wildman–Crippen LogP) is 2.12. The van der Waals surface area contributed by atoms with Crippen LogP contribution in [0.25, 0.3) is 0 Å². The maximum atomic E-state index is 13.0. The van der Waals surface area contributed by atoms with Crippen LogP contribution >= 0.6 is 11.6 Å². The summed E-state index contributed by atoms with van der Waals surface area (Å²) in [6.07, 6.45) is 0.973. The Hall–Kier alpha value is -1.17. The van der Waals surface area contributed by atoms with Crippen LogP contribution in [-0.2, 0) is 4.79 Å². The summed E-state index contributed by atoms with van der Waals surface area (Å²) in [5.74, 6) is -0.327. The van der Waals surface area contributed by atoms with Crippen LogP contribution in [0.3, 0.4) is 0 Å². The highest BCUT2D eigenvalue weighted by Gasteiger charge is 2.31. The third-order valence-electron chi connectivity index (χ3n) is 3.73. The van der Waals surface area contributed by atoms with Crippen LogP contribution < -0.4 is 5.32 Å². The molecule has 2 N–H and O–H groups in total. The van der Waals surface area contributed by atoms with Gasteiger partial charge in [-0.2, -0.15) is 0 Å². The maximum absolute atomic E-state index is 13.0. The molecule has 1 aliphatic rings. The summed E-state index contributed by atoms with van der Waals surface area (Å²) in [5, 5.41) is 12.0. The molecule has 1 heterocycles. The Labute approximate surface area is 122 Å². The van der Waals surface area contributed by atoms with E-state index in [1.807, 2.05) is 4.90 Å². The molecular weight excluding hydrogens is 283 g/mol. The highest BCUT2D eigenvalue weighted by Crippen LogP contribution is 2.23. The number of hydrogen-bond donors (Lipinski definition) is 2. The van der Waals surface area contributed by atoms with Gasteiger partial charge in [-0.25, -0.2) is 4.39 Å². The first kappa shape index (κ1) is 15.2. The van der Waals surface area contributed by atoms with E-state index in [1.165, 1.54) is 18.2 Å². The number of amides is 1. The van der Waals surface area contributed by atoms with Crippen molar-refractivity contribution in [2.24, 2.45) is 5.92 Å². The second-order valence-corrected chi connectivity index (χ2v) is 5.57. The van der Waals surface area contributed by atoms with Crippen molar-refractivity contribution in [1.29, 1.82) is 0 Å². The molecule has 2 unspecified atom stereocenters. The lowest BCUT2D eigenvalue weighted by Crippen LogP contribution is -2.40. The number of hydrogen-bond acceptors (Lipinski definition) is 3. The van der Waals surface area contributed by atoms with Crippen molar-refractivity contribution in [3.8, 4) is 0 Å². The van der Waals surface area contributed by atoms with Gasteiger partial charge in [0.2, 0.25) is 5.91 Å². The summed E-state index contributed by atoms with van der Waals surface area (Å²) in [4.78, 5) is 13.9. The molecule has 2 atom stereocenters. The van der Waals surface area contributed by atoms with Gasteiger partial charge in [0.15, 0.2) is 0 Å². The van der Waals surface area contributed by atoms with Crippen LogP contribution in [0.1, 0.15) is 13.3 Å². The molecule has 2 rings (SSSR count). The predicted molar refractivity (Wildman–Crippen MR) is 76.3 cm³/mol. The highest BCUT2D eigenvalue weighted by atomic mass is 35.5. The van der Waals surface area contributed by atoms with Crippen molar-refractivity contribution in [1.82, 2.24) is 4.90 Å². The molecule has 1 amide bonds. The molecule has 0 radical (unpaired) electrons. The van der Waals surface area contributed by atoms with Crippen molar-refractivity contribution < 1.29 is 14.3 Å². The number of carbonyl (C=O) groups is 1. The number of anilines is 1. The normalized spacial score (nSPS) is 23.0. The van der Waals surface area contributed by atoms with Crippen LogP contribution in [0.15, 0.2) is 18.2 Å². The molecule has 1 aromatic rings. The summed E-state index contributed by atoms with van der Waals surface area (Å²) < 4.78 is 13.0. The molecule has 110 valence electrons.